The van der Waals surface area contributed by atoms with E-state index in [1.165, 1.54) is 25.8 Å². The lowest BCUT2D eigenvalue weighted by atomic mass is 10.2. The fourth-order valence-electron chi connectivity index (χ4n) is 1.33. The molecule has 0 saturated carbocycles. The molecule has 15 heavy (non-hydrogen) atoms. The first-order chi connectivity index (χ1) is 7.31. The maximum atomic E-state index is 5.45. The van der Waals surface area contributed by atoms with Crippen molar-refractivity contribution in [2.24, 2.45) is 0 Å². The molecule has 0 aromatic rings. The maximum absolute atomic E-state index is 5.45. The quantitative estimate of drug-likeness (QED) is 0.495. The Bertz CT molecular complexity index is 120. The highest BCUT2D eigenvalue weighted by molar-refractivity contribution is 4.50. The Kier molecular flexibility index (Phi) is 11.9. The summed E-state index contributed by atoms with van der Waals surface area (Å²) in [5, 5.41) is 0. The van der Waals surface area contributed by atoms with Gasteiger partial charge in [0.15, 0.2) is 0 Å². The van der Waals surface area contributed by atoms with Crippen LogP contribution in [0.5, 0.6) is 0 Å². The lowest BCUT2D eigenvalue weighted by Gasteiger charge is -2.16. The third kappa shape index (κ3) is 11.8. The Hall–Kier alpha value is -0.120. The van der Waals surface area contributed by atoms with Crippen LogP contribution >= 0.6 is 0 Å². The molecule has 0 heterocycles. The largest absolute Gasteiger partial charge is 0.379 e. The van der Waals surface area contributed by atoms with Gasteiger partial charge >= 0.3 is 0 Å². The molecule has 3 nitrogen and oxygen atoms in total. The van der Waals surface area contributed by atoms with Gasteiger partial charge in [0.05, 0.1) is 19.8 Å². The molecule has 3 heteroatoms. The Morgan fingerprint density at radius 3 is 2.27 bits per heavy atom. The van der Waals surface area contributed by atoms with Gasteiger partial charge in [0.1, 0.15) is 0 Å². The average molecular weight is 217 g/mol. The normalized spacial score (nSPS) is 11.2. The zero-order chi connectivity index (χ0) is 11.4. The molecule has 0 aromatic heterocycles. The van der Waals surface area contributed by atoms with Crippen molar-refractivity contribution in [2.75, 3.05) is 46.6 Å². The Morgan fingerprint density at radius 2 is 1.60 bits per heavy atom. The zero-order valence-corrected chi connectivity index (χ0v) is 10.6. The van der Waals surface area contributed by atoms with Crippen molar-refractivity contribution in [2.45, 2.75) is 33.1 Å². The van der Waals surface area contributed by atoms with E-state index in [1.807, 2.05) is 6.92 Å². The molecule has 0 radical (unpaired) electrons. The SMILES string of the molecule is CCCCCN(C)CCOCCOCC. The van der Waals surface area contributed by atoms with Crippen LogP contribution in [0.3, 0.4) is 0 Å². The molecule has 92 valence electrons. The van der Waals surface area contributed by atoms with E-state index in [4.69, 9.17) is 9.47 Å². The van der Waals surface area contributed by atoms with Crippen molar-refractivity contribution < 1.29 is 9.47 Å². The minimum absolute atomic E-state index is 0.718. The predicted molar refractivity (Wildman–Crippen MR) is 64.3 cm³/mol. The van der Waals surface area contributed by atoms with Gasteiger partial charge in [-0.1, -0.05) is 19.8 Å². The van der Waals surface area contributed by atoms with Gasteiger partial charge in [0, 0.05) is 13.2 Å². The number of ether oxygens (including phenoxy) is 2. The maximum Gasteiger partial charge on any atom is 0.0701 e. The first-order valence-electron chi connectivity index (χ1n) is 6.15. The summed E-state index contributed by atoms with van der Waals surface area (Å²) in [6.07, 6.45) is 3.92. The Balaban J connectivity index is 3.06. The molecule has 0 unspecified atom stereocenters. The van der Waals surface area contributed by atoms with Crippen LogP contribution in [-0.2, 0) is 9.47 Å². The van der Waals surface area contributed by atoms with Crippen molar-refractivity contribution >= 4 is 0 Å². The van der Waals surface area contributed by atoms with E-state index in [-0.39, 0.29) is 0 Å². The van der Waals surface area contributed by atoms with E-state index in [0.29, 0.717) is 0 Å². The molecule has 0 fully saturated rings. The molecule has 0 rings (SSSR count). The summed E-state index contributed by atoms with van der Waals surface area (Å²) < 4.78 is 10.6. The molecule has 0 aliphatic carbocycles. The number of hydrogen-bond donors (Lipinski definition) is 0. The number of unbranched alkanes of at least 4 members (excludes halogenated alkanes) is 2. The van der Waals surface area contributed by atoms with Gasteiger partial charge in [0.2, 0.25) is 0 Å². The molecular weight excluding hydrogens is 190 g/mol. The number of rotatable bonds is 11. The van der Waals surface area contributed by atoms with E-state index >= 15 is 0 Å². The van der Waals surface area contributed by atoms with Gasteiger partial charge in [0.25, 0.3) is 0 Å². The molecule has 0 aliphatic rings. The summed E-state index contributed by atoms with van der Waals surface area (Å²) in [7, 11) is 2.15. The van der Waals surface area contributed by atoms with Gasteiger partial charge in [-0.25, -0.2) is 0 Å². The molecule has 0 aliphatic heterocycles. The van der Waals surface area contributed by atoms with Crippen LogP contribution in [0.15, 0.2) is 0 Å². The lowest BCUT2D eigenvalue weighted by molar-refractivity contribution is 0.0452. The number of nitrogens with zero attached hydrogens (tertiary/aromatic N) is 1. The van der Waals surface area contributed by atoms with Crippen molar-refractivity contribution in [3.8, 4) is 0 Å². The van der Waals surface area contributed by atoms with Crippen molar-refractivity contribution in [3.05, 3.63) is 0 Å². The minimum atomic E-state index is 0.718. The van der Waals surface area contributed by atoms with Crippen LogP contribution in [0.25, 0.3) is 0 Å². The second-order valence-electron chi connectivity index (χ2n) is 3.82. The van der Waals surface area contributed by atoms with Gasteiger partial charge in [-0.2, -0.15) is 0 Å². The second kappa shape index (κ2) is 12.0. The standard InChI is InChI=1S/C12H27NO2/c1-4-6-7-8-13(3)9-10-15-12-11-14-5-2/h4-12H2,1-3H3. The number of hydrogen-bond acceptors (Lipinski definition) is 3. The molecule has 0 spiro atoms. The van der Waals surface area contributed by atoms with Crippen LogP contribution < -0.4 is 0 Å². The van der Waals surface area contributed by atoms with E-state index in [9.17, 15) is 0 Å². The predicted octanol–water partition coefficient (Wildman–Crippen LogP) is 2.16. The third-order valence-electron chi connectivity index (χ3n) is 2.34. The summed E-state index contributed by atoms with van der Waals surface area (Å²) in [4.78, 5) is 2.33. The molecule has 0 atom stereocenters. The summed E-state index contributed by atoms with van der Waals surface area (Å²) >= 11 is 0. The Morgan fingerprint density at radius 1 is 0.867 bits per heavy atom. The highest BCUT2D eigenvalue weighted by Crippen LogP contribution is 1.95. The van der Waals surface area contributed by atoms with E-state index < -0.39 is 0 Å². The topological polar surface area (TPSA) is 21.7 Å². The van der Waals surface area contributed by atoms with Crippen molar-refractivity contribution in [1.29, 1.82) is 0 Å². The van der Waals surface area contributed by atoms with Crippen molar-refractivity contribution in [1.82, 2.24) is 4.90 Å². The Labute approximate surface area is 94.7 Å². The van der Waals surface area contributed by atoms with Gasteiger partial charge in [-0.05, 0) is 26.9 Å². The van der Waals surface area contributed by atoms with E-state index in [2.05, 4.69) is 18.9 Å². The monoisotopic (exact) mass is 217 g/mol. The summed E-state index contributed by atoms with van der Waals surface area (Å²) in [6, 6.07) is 0. The summed E-state index contributed by atoms with van der Waals surface area (Å²) in [6.45, 7) is 9.47. The summed E-state index contributed by atoms with van der Waals surface area (Å²) in [5.41, 5.74) is 0. The van der Waals surface area contributed by atoms with E-state index in [1.54, 1.807) is 0 Å². The first kappa shape index (κ1) is 14.9. The molecule has 0 N–H and O–H groups in total. The highest BCUT2D eigenvalue weighted by atomic mass is 16.5. The molecule has 0 aromatic carbocycles. The zero-order valence-electron chi connectivity index (χ0n) is 10.6. The molecule has 0 saturated heterocycles. The molecule has 0 bridgehead atoms. The van der Waals surface area contributed by atoms with Crippen LogP contribution in [0.1, 0.15) is 33.1 Å². The van der Waals surface area contributed by atoms with E-state index in [0.717, 1.165) is 33.0 Å². The van der Waals surface area contributed by atoms with Gasteiger partial charge in [-0.3, -0.25) is 0 Å². The van der Waals surface area contributed by atoms with Crippen LogP contribution in [0.2, 0.25) is 0 Å². The second-order valence-corrected chi connectivity index (χ2v) is 3.82. The first-order valence-corrected chi connectivity index (χ1v) is 6.15. The number of likely N-dealkylation sites (N-methyl/N-ethyl adjacent to an activating group) is 1. The van der Waals surface area contributed by atoms with Crippen LogP contribution in [0, 0.1) is 0 Å². The minimum Gasteiger partial charge on any atom is -0.379 e. The fourth-order valence-corrected chi connectivity index (χ4v) is 1.33. The smallest absolute Gasteiger partial charge is 0.0701 e. The summed E-state index contributed by atoms with van der Waals surface area (Å²) in [5.74, 6) is 0. The highest BCUT2D eigenvalue weighted by Gasteiger charge is 1.97. The van der Waals surface area contributed by atoms with Crippen LogP contribution in [-0.4, -0.2) is 51.5 Å². The third-order valence-corrected chi connectivity index (χ3v) is 2.34. The lowest BCUT2D eigenvalue weighted by Crippen LogP contribution is -2.24. The fraction of sp³-hybridized carbons (Fsp3) is 1.00. The van der Waals surface area contributed by atoms with Gasteiger partial charge in [-0.15, -0.1) is 0 Å². The average Bonchev–Trinajstić information content (AvgIpc) is 2.23. The van der Waals surface area contributed by atoms with Crippen molar-refractivity contribution in [3.63, 3.8) is 0 Å². The molecule has 0 amide bonds. The van der Waals surface area contributed by atoms with Gasteiger partial charge < -0.3 is 14.4 Å². The molecular formula is C12H27NO2. The van der Waals surface area contributed by atoms with Crippen LogP contribution in [0.4, 0.5) is 0 Å².